The van der Waals surface area contributed by atoms with Crippen LogP contribution in [0.5, 0.6) is 11.5 Å². The molecule has 0 radical (unpaired) electrons. The van der Waals surface area contributed by atoms with E-state index in [1.807, 2.05) is 80.6 Å². The Hall–Kier alpha value is -3.31. The van der Waals surface area contributed by atoms with E-state index in [-0.39, 0.29) is 12.5 Å². The van der Waals surface area contributed by atoms with Crippen molar-refractivity contribution >= 4 is 23.7 Å². The largest absolute Gasteiger partial charge is 0.489 e. The lowest BCUT2D eigenvalue weighted by Crippen LogP contribution is -2.24. The van der Waals surface area contributed by atoms with E-state index in [0.29, 0.717) is 17.4 Å². The fraction of sp³-hybridized carbons (Fsp3) is 0.167. The van der Waals surface area contributed by atoms with Gasteiger partial charge in [0.1, 0.15) is 18.1 Å². The molecule has 1 amide bonds. The molecular formula is C24H23ClN2O3. The Bertz CT molecular complexity index is 1030. The number of aryl methyl sites for hydroxylation is 2. The fourth-order valence-corrected chi connectivity index (χ4v) is 2.83. The Morgan fingerprint density at radius 3 is 2.57 bits per heavy atom. The van der Waals surface area contributed by atoms with Crippen LogP contribution in [0.15, 0.2) is 71.8 Å². The highest BCUT2D eigenvalue weighted by molar-refractivity contribution is 6.31. The second-order valence-corrected chi connectivity index (χ2v) is 7.21. The molecule has 0 aliphatic heterocycles. The molecule has 0 heterocycles. The number of carbonyl (C=O) groups is 1. The van der Waals surface area contributed by atoms with Gasteiger partial charge >= 0.3 is 0 Å². The lowest BCUT2D eigenvalue weighted by atomic mass is 10.1. The summed E-state index contributed by atoms with van der Waals surface area (Å²) in [7, 11) is 0. The topological polar surface area (TPSA) is 59.9 Å². The third-order valence-corrected chi connectivity index (χ3v) is 4.71. The number of benzene rings is 3. The quantitative estimate of drug-likeness (QED) is 0.407. The van der Waals surface area contributed by atoms with Crippen LogP contribution in [0.25, 0.3) is 0 Å². The number of carbonyl (C=O) groups excluding carboxylic acids is 1. The molecule has 0 aliphatic rings. The van der Waals surface area contributed by atoms with Crippen LogP contribution >= 0.6 is 11.6 Å². The number of nitrogens with one attached hydrogen (secondary N) is 1. The van der Waals surface area contributed by atoms with Crippen LogP contribution in [-0.2, 0) is 11.4 Å². The van der Waals surface area contributed by atoms with Crippen molar-refractivity contribution < 1.29 is 14.3 Å². The van der Waals surface area contributed by atoms with Gasteiger partial charge in [-0.15, -0.1) is 0 Å². The molecule has 0 aromatic heterocycles. The molecule has 0 unspecified atom stereocenters. The van der Waals surface area contributed by atoms with Gasteiger partial charge in [-0.3, -0.25) is 4.79 Å². The summed E-state index contributed by atoms with van der Waals surface area (Å²) < 4.78 is 11.3. The first-order valence-corrected chi connectivity index (χ1v) is 9.87. The number of hydrogen-bond acceptors (Lipinski definition) is 4. The molecule has 1 N–H and O–H groups in total. The molecule has 0 saturated carbocycles. The second kappa shape index (κ2) is 10.5. The van der Waals surface area contributed by atoms with Gasteiger partial charge in [-0.2, -0.15) is 5.10 Å². The number of rotatable bonds is 8. The first-order valence-electron chi connectivity index (χ1n) is 9.49. The lowest BCUT2D eigenvalue weighted by Gasteiger charge is -2.09. The van der Waals surface area contributed by atoms with Crippen LogP contribution in [0, 0.1) is 13.8 Å². The number of halogens is 1. The number of ether oxygens (including phenoxy) is 2. The van der Waals surface area contributed by atoms with Gasteiger partial charge < -0.3 is 9.47 Å². The van der Waals surface area contributed by atoms with Crippen LogP contribution in [0.4, 0.5) is 0 Å². The molecule has 6 heteroatoms. The summed E-state index contributed by atoms with van der Waals surface area (Å²) in [4.78, 5) is 11.9. The Morgan fingerprint density at radius 2 is 1.80 bits per heavy atom. The van der Waals surface area contributed by atoms with E-state index in [0.717, 1.165) is 28.0 Å². The van der Waals surface area contributed by atoms with Crippen molar-refractivity contribution in [3.05, 3.63) is 94.0 Å². The van der Waals surface area contributed by atoms with Gasteiger partial charge in [0.25, 0.3) is 5.91 Å². The van der Waals surface area contributed by atoms with Crippen molar-refractivity contribution in [3.63, 3.8) is 0 Å². The molecule has 3 aromatic rings. The number of hydrazone groups is 1. The van der Waals surface area contributed by atoms with Crippen molar-refractivity contribution in [1.82, 2.24) is 5.43 Å². The predicted molar refractivity (Wildman–Crippen MR) is 119 cm³/mol. The van der Waals surface area contributed by atoms with E-state index in [1.54, 1.807) is 6.21 Å². The molecule has 0 bridgehead atoms. The summed E-state index contributed by atoms with van der Waals surface area (Å²) >= 11 is 6.13. The zero-order chi connectivity index (χ0) is 21.3. The van der Waals surface area contributed by atoms with Gasteiger partial charge in [-0.1, -0.05) is 41.9 Å². The molecule has 0 atom stereocenters. The summed E-state index contributed by atoms with van der Waals surface area (Å²) in [6, 6.07) is 20.8. The van der Waals surface area contributed by atoms with Gasteiger partial charge in [-0.05, 0) is 66.9 Å². The average Bonchev–Trinajstić information content (AvgIpc) is 2.75. The number of nitrogens with zero attached hydrogens (tertiary/aromatic N) is 1. The third-order valence-electron chi connectivity index (χ3n) is 4.34. The minimum atomic E-state index is -0.327. The highest BCUT2D eigenvalue weighted by Gasteiger charge is 2.04. The Labute approximate surface area is 181 Å². The Balaban J connectivity index is 1.45. The summed E-state index contributed by atoms with van der Waals surface area (Å²) in [6.45, 7) is 4.20. The molecule has 5 nitrogen and oxygen atoms in total. The summed E-state index contributed by atoms with van der Waals surface area (Å²) in [6.07, 6.45) is 1.56. The highest BCUT2D eigenvalue weighted by atomic mass is 35.5. The number of amides is 1. The Morgan fingerprint density at radius 1 is 1.03 bits per heavy atom. The van der Waals surface area contributed by atoms with E-state index in [4.69, 9.17) is 21.1 Å². The molecular weight excluding hydrogens is 400 g/mol. The van der Waals surface area contributed by atoms with E-state index >= 15 is 0 Å². The van der Waals surface area contributed by atoms with E-state index in [2.05, 4.69) is 10.5 Å². The third kappa shape index (κ3) is 6.36. The first-order chi connectivity index (χ1) is 14.5. The van der Waals surface area contributed by atoms with Crippen molar-refractivity contribution in [2.75, 3.05) is 6.61 Å². The predicted octanol–water partition coefficient (Wildman–Crippen LogP) is 5.06. The zero-order valence-electron chi connectivity index (χ0n) is 16.9. The highest BCUT2D eigenvalue weighted by Crippen LogP contribution is 2.19. The van der Waals surface area contributed by atoms with E-state index in [1.165, 1.54) is 0 Å². The average molecular weight is 423 g/mol. The summed E-state index contributed by atoms with van der Waals surface area (Å²) in [5.41, 5.74) is 6.28. The maximum absolute atomic E-state index is 11.9. The number of hydrogen-bond donors (Lipinski definition) is 1. The molecule has 30 heavy (non-hydrogen) atoms. The van der Waals surface area contributed by atoms with Crippen molar-refractivity contribution in [2.24, 2.45) is 5.10 Å². The minimum absolute atomic E-state index is 0.101. The normalized spacial score (nSPS) is 10.8. The summed E-state index contributed by atoms with van der Waals surface area (Å²) in [5.74, 6) is 1.09. The molecule has 0 saturated heterocycles. The molecule has 3 rings (SSSR count). The van der Waals surface area contributed by atoms with Crippen LogP contribution in [0.3, 0.4) is 0 Å². The van der Waals surface area contributed by atoms with E-state index < -0.39 is 0 Å². The van der Waals surface area contributed by atoms with Crippen LogP contribution in [0.1, 0.15) is 22.3 Å². The monoisotopic (exact) mass is 422 g/mol. The van der Waals surface area contributed by atoms with Crippen LogP contribution < -0.4 is 14.9 Å². The minimum Gasteiger partial charge on any atom is -0.489 e. The van der Waals surface area contributed by atoms with Crippen molar-refractivity contribution in [3.8, 4) is 11.5 Å². The SMILES string of the molecule is Cc1ccc(C)c(OCC(=O)N/N=C/c2ccc(OCc3ccccc3Cl)cc2)c1. The van der Waals surface area contributed by atoms with Gasteiger partial charge in [0, 0.05) is 10.6 Å². The van der Waals surface area contributed by atoms with Crippen molar-refractivity contribution in [1.29, 1.82) is 0 Å². The van der Waals surface area contributed by atoms with Crippen LogP contribution in [-0.4, -0.2) is 18.7 Å². The fourth-order valence-electron chi connectivity index (χ4n) is 2.64. The van der Waals surface area contributed by atoms with Gasteiger partial charge in [0.15, 0.2) is 6.61 Å². The molecule has 3 aromatic carbocycles. The maximum atomic E-state index is 11.9. The molecule has 154 valence electrons. The first kappa shape index (κ1) is 21.4. The Kier molecular flexibility index (Phi) is 7.46. The molecule has 0 spiro atoms. The van der Waals surface area contributed by atoms with Gasteiger partial charge in [0.2, 0.25) is 0 Å². The maximum Gasteiger partial charge on any atom is 0.277 e. The summed E-state index contributed by atoms with van der Waals surface area (Å²) in [5, 5.41) is 4.65. The van der Waals surface area contributed by atoms with Gasteiger partial charge in [-0.25, -0.2) is 5.43 Å². The standard InChI is InChI=1S/C24H23ClN2O3/c1-17-7-8-18(2)23(13-17)30-16-24(28)27-26-14-19-9-11-21(12-10-19)29-15-20-5-3-4-6-22(20)25/h3-14H,15-16H2,1-2H3,(H,27,28)/b26-14+. The molecule has 0 aliphatic carbocycles. The van der Waals surface area contributed by atoms with Crippen LogP contribution in [0.2, 0.25) is 5.02 Å². The van der Waals surface area contributed by atoms with Crippen molar-refractivity contribution in [2.45, 2.75) is 20.5 Å². The van der Waals surface area contributed by atoms with E-state index in [9.17, 15) is 4.79 Å². The smallest absolute Gasteiger partial charge is 0.277 e. The van der Waals surface area contributed by atoms with Gasteiger partial charge in [0.05, 0.1) is 6.21 Å². The second-order valence-electron chi connectivity index (χ2n) is 6.80. The lowest BCUT2D eigenvalue weighted by molar-refractivity contribution is -0.123. The zero-order valence-corrected chi connectivity index (χ0v) is 17.6. The molecule has 0 fully saturated rings.